The van der Waals surface area contributed by atoms with Gasteiger partial charge in [0, 0.05) is 26.6 Å². The fraction of sp³-hybridized carbons (Fsp3) is 0.917. The van der Waals surface area contributed by atoms with Crippen LogP contribution in [0, 0.1) is 5.92 Å². The summed E-state index contributed by atoms with van der Waals surface area (Å²) in [6.45, 7) is 7.52. The highest BCUT2D eigenvalue weighted by Crippen LogP contribution is 2.06. The molecule has 0 bridgehead atoms. The molecule has 1 unspecified atom stereocenters. The van der Waals surface area contributed by atoms with Crippen LogP contribution in [0.3, 0.4) is 0 Å². The van der Waals surface area contributed by atoms with Gasteiger partial charge in [-0.3, -0.25) is 4.79 Å². The second-order valence-corrected chi connectivity index (χ2v) is 4.48. The summed E-state index contributed by atoms with van der Waals surface area (Å²) < 4.78 is 0. The van der Waals surface area contributed by atoms with Gasteiger partial charge in [-0.1, -0.05) is 26.7 Å². The van der Waals surface area contributed by atoms with Gasteiger partial charge in [0.15, 0.2) is 0 Å². The lowest BCUT2D eigenvalue weighted by atomic mass is 10.0. The lowest BCUT2D eigenvalue weighted by Crippen LogP contribution is -2.35. The largest absolute Gasteiger partial charge is 0.349 e. The number of carbonyl (C=O) groups is 1. The van der Waals surface area contributed by atoms with Gasteiger partial charge in [-0.15, -0.1) is 0 Å². The first kappa shape index (κ1) is 14.4. The molecule has 1 N–H and O–H groups in total. The molecule has 3 heteroatoms. The van der Waals surface area contributed by atoms with Gasteiger partial charge in [-0.2, -0.15) is 0 Å². The Morgan fingerprint density at radius 3 is 2.20 bits per heavy atom. The quantitative estimate of drug-likeness (QED) is 0.702. The first-order chi connectivity index (χ1) is 7.01. The molecule has 0 aliphatic carbocycles. The number of amides is 1. The normalized spacial score (nSPS) is 12.9. The van der Waals surface area contributed by atoms with Crippen LogP contribution in [0.5, 0.6) is 0 Å². The Bertz CT molecular complexity index is 176. The van der Waals surface area contributed by atoms with Crippen LogP contribution in [0.25, 0.3) is 0 Å². The molecule has 0 rings (SSSR count). The Labute approximate surface area is 94.2 Å². The van der Waals surface area contributed by atoms with Gasteiger partial charge in [-0.25, -0.2) is 0 Å². The van der Waals surface area contributed by atoms with Gasteiger partial charge in [0.25, 0.3) is 0 Å². The topological polar surface area (TPSA) is 32.3 Å². The first-order valence-electron chi connectivity index (χ1n) is 5.94. The highest BCUT2D eigenvalue weighted by Gasteiger charge is 2.11. The van der Waals surface area contributed by atoms with Crippen LogP contribution >= 0.6 is 0 Å². The Kier molecular flexibility index (Phi) is 7.39. The zero-order chi connectivity index (χ0) is 11.8. The van der Waals surface area contributed by atoms with Gasteiger partial charge in [0.05, 0.1) is 0 Å². The molecular weight excluding hydrogens is 188 g/mol. The summed E-state index contributed by atoms with van der Waals surface area (Å²) in [5.41, 5.74) is 0. The fourth-order valence-corrected chi connectivity index (χ4v) is 1.46. The summed E-state index contributed by atoms with van der Waals surface area (Å²) in [6.07, 6.45) is 3.00. The van der Waals surface area contributed by atoms with Crippen molar-refractivity contribution >= 4 is 5.91 Å². The van der Waals surface area contributed by atoms with E-state index < -0.39 is 0 Å². The van der Waals surface area contributed by atoms with Crippen molar-refractivity contribution < 1.29 is 4.79 Å². The smallest absolute Gasteiger partial charge is 0.223 e. The van der Waals surface area contributed by atoms with Gasteiger partial charge in [-0.05, 0) is 19.4 Å². The minimum atomic E-state index is 0.194. The summed E-state index contributed by atoms with van der Waals surface area (Å²) in [4.78, 5) is 13.1. The van der Waals surface area contributed by atoms with Crippen LogP contribution in [0.4, 0.5) is 0 Å². The summed E-state index contributed by atoms with van der Waals surface area (Å²) in [5, 5.41) is 3.42. The molecule has 0 saturated carbocycles. The third-order valence-electron chi connectivity index (χ3n) is 2.89. The minimum absolute atomic E-state index is 0.194. The van der Waals surface area contributed by atoms with E-state index in [4.69, 9.17) is 0 Å². The van der Waals surface area contributed by atoms with E-state index in [0.29, 0.717) is 6.42 Å². The second-order valence-electron chi connectivity index (χ2n) is 4.48. The van der Waals surface area contributed by atoms with Crippen molar-refractivity contribution in [1.82, 2.24) is 10.2 Å². The Morgan fingerprint density at radius 1 is 1.27 bits per heavy atom. The Morgan fingerprint density at radius 2 is 1.80 bits per heavy atom. The fourth-order valence-electron chi connectivity index (χ4n) is 1.46. The van der Waals surface area contributed by atoms with Crippen molar-refractivity contribution in [3.8, 4) is 0 Å². The molecule has 0 aliphatic heterocycles. The molecule has 0 heterocycles. The molecule has 90 valence electrons. The molecule has 1 amide bonds. The van der Waals surface area contributed by atoms with Crippen molar-refractivity contribution in [2.24, 2.45) is 5.92 Å². The van der Waals surface area contributed by atoms with E-state index in [1.165, 1.54) is 12.8 Å². The Balaban J connectivity index is 3.74. The van der Waals surface area contributed by atoms with Crippen LogP contribution < -0.4 is 5.32 Å². The number of rotatable bonds is 7. The summed E-state index contributed by atoms with van der Waals surface area (Å²) in [6, 6.07) is 0.278. The SMILES string of the molecule is CCC(CC)CNC(C)CC(=O)N(C)C. The van der Waals surface area contributed by atoms with Crippen molar-refractivity contribution in [2.75, 3.05) is 20.6 Å². The molecule has 0 aromatic heterocycles. The number of nitrogens with zero attached hydrogens (tertiary/aromatic N) is 1. The lowest BCUT2D eigenvalue weighted by Gasteiger charge is -2.19. The van der Waals surface area contributed by atoms with E-state index in [1.807, 2.05) is 0 Å². The molecule has 15 heavy (non-hydrogen) atoms. The molecule has 0 radical (unpaired) electrons. The molecular formula is C12H26N2O. The van der Waals surface area contributed by atoms with Gasteiger partial charge in [0.1, 0.15) is 0 Å². The van der Waals surface area contributed by atoms with E-state index in [9.17, 15) is 4.79 Å². The average molecular weight is 214 g/mol. The maximum absolute atomic E-state index is 11.4. The maximum atomic E-state index is 11.4. The number of carbonyl (C=O) groups excluding carboxylic acids is 1. The molecule has 0 spiro atoms. The zero-order valence-corrected chi connectivity index (χ0v) is 10.8. The van der Waals surface area contributed by atoms with Gasteiger partial charge in [0.2, 0.25) is 5.91 Å². The first-order valence-corrected chi connectivity index (χ1v) is 5.94. The number of hydrogen-bond donors (Lipinski definition) is 1. The van der Waals surface area contributed by atoms with Crippen molar-refractivity contribution in [3.05, 3.63) is 0 Å². The van der Waals surface area contributed by atoms with E-state index in [1.54, 1.807) is 19.0 Å². The van der Waals surface area contributed by atoms with Crippen LogP contribution in [0.1, 0.15) is 40.0 Å². The predicted molar refractivity (Wildman–Crippen MR) is 64.8 cm³/mol. The Hall–Kier alpha value is -0.570. The molecule has 0 aliphatic rings. The predicted octanol–water partition coefficient (Wildman–Crippen LogP) is 1.88. The average Bonchev–Trinajstić information content (AvgIpc) is 2.19. The molecule has 0 fully saturated rings. The summed E-state index contributed by atoms with van der Waals surface area (Å²) in [7, 11) is 3.60. The lowest BCUT2D eigenvalue weighted by molar-refractivity contribution is -0.129. The van der Waals surface area contributed by atoms with Crippen molar-refractivity contribution in [3.63, 3.8) is 0 Å². The molecule has 0 saturated heterocycles. The zero-order valence-electron chi connectivity index (χ0n) is 10.8. The summed E-state index contributed by atoms with van der Waals surface area (Å²) in [5.74, 6) is 0.932. The third-order valence-corrected chi connectivity index (χ3v) is 2.89. The van der Waals surface area contributed by atoms with Crippen LogP contribution in [0.15, 0.2) is 0 Å². The molecule has 1 atom stereocenters. The summed E-state index contributed by atoms with van der Waals surface area (Å²) >= 11 is 0. The van der Waals surface area contributed by atoms with Crippen molar-refractivity contribution in [1.29, 1.82) is 0 Å². The number of nitrogens with one attached hydrogen (secondary N) is 1. The van der Waals surface area contributed by atoms with E-state index >= 15 is 0 Å². The second kappa shape index (κ2) is 7.69. The van der Waals surface area contributed by atoms with Gasteiger partial charge < -0.3 is 10.2 Å². The molecule has 0 aromatic rings. The highest BCUT2D eigenvalue weighted by molar-refractivity contribution is 5.76. The molecule has 0 aromatic carbocycles. The van der Waals surface area contributed by atoms with E-state index in [0.717, 1.165) is 12.5 Å². The standard InChI is InChI=1S/C12H26N2O/c1-6-11(7-2)9-13-10(3)8-12(15)14(4)5/h10-11,13H,6-9H2,1-5H3. The highest BCUT2D eigenvalue weighted by atomic mass is 16.2. The van der Waals surface area contributed by atoms with E-state index in [2.05, 4.69) is 26.1 Å². The van der Waals surface area contributed by atoms with Crippen molar-refractivity contribution in [2.45, 2.75) is 46.1 Å². The number of hydrogen-bond acceptors (Lipinski definition) is 2. The minimum Gasteiger partial charge on any atom is -0.349 e. The van der Waals surface area contributed by atoms with E-state index in [-0.39, 0.29) is 11.9 Å². The van der Waals surface area contributed by atoms with Crippen LogP contribution in [-0.2, 0) is 4.79 Å². The van der Waals surface area contributed by atoms with Crippen LogP contribution in [-0.4, -0.2) is 37.5 Å². The maximum Gasteiger partial charge on any atom is 0.223 e. The van der Waals surface area contributed by atoms with Crippen LogP contribution in [0.2, 0.25) is 0 Å². The van der Waals surface area contributed by atoms with Gasteiger partial charge >= 0.3 is 0 Å². The third kappa shape index (κ3) is 6.50. The monoisotopic (exact) mass is 214 g/mol. The molecule has 3 nitrogen and oxygen atoms in total.